The Morgan fingerprint density at radius 1 is 1.78 bits per heavy atom. The molecule has 2 nitrogen and oxygen atoms in total. The molecule has 1 unspecified atom stereocenters. The molecule has 0 aromatic carbocycles. The van der Waals surface area contributed by atoms with Gasteiger partial charge in [0.2, 0.25) is 6.41 Å². The van der Waals surface area contributed by atoms with Crippen LogP contribution in [-0.2, 0) is 4.79 Å². The van der Waals surface area contributed by atoms with E-state index in [4.69, 9.17) is 11.6 Å². The summed E-state index contributed by atoms with van der Waals surface area (Å²) in [5, 5.41) is 0. The normalized spacial score (nSPS) is 12.8. The molecule has 0 saturated carbocycles. The summed E-state index contributed by atoms with van der Waals surface area (Å²) in [6.07, 6.45) is 0.809. The fraction of sp³-hybridized carbons (Fsp3) is 0.833. The van der Waals surface area contributed by atoms with Crippen molar-refractivity contribution >= 4 is 18.0 Å². The van der Waals surface area contributed by atoms with Gasteiger partial charge in [-0.15, -0.1) is 11.6 Å². The van der Waals surface area contributed by atoms with Crippen LogP contribution in [0.5, 0.6) is 0 Å². The van der Waals surface area contributed by atoms with Crippen molar-refractivity contribution in [3.05, 3.63) is 0 Å². The van der Waals surface area contributed by atoms with Crippen molar-refractivity contribution in [2.45, 2.75) is 6.92 Å². The Bertz CT molecular complexity index is 87.1. The average Bonchev–Trinajstić information content (AvgIpc) is 1.87. The lowest BCUT2D eigenvalue weighted by Crippen LogP contribution is -2.23. The van der Waals surface area contributed by atoms with Gasteiger partial charge in [-0.05, 0) is 5.92 Å². The first-order valence-corrected chi connectivity index (χ1v) is 3.45. The molecule has 0 spiro atoms. The van der Waals surface area contributed by atoms with E-state index < -0.39 is 0 Å². The van der Waals surface area contributed by atoms with E-state index in [-0.39, 0.29) is 0 Å². The van der Waals surface area contributed by atoms with Crippen molar-refractivity contribution in [3.63, 3.8) is 0 Å². The summed E-state index contributed by atoms with van der Waals surface area (Å²) in [6, 6.07) is 0. The molecule has 0 saturated heterocycles. The van der Waals surface area contributed by atoms with Gasteiger partial charge < -0.3 is 4.90 Å². The highest BCUT2D eigenvalue weighted by atomic mass is 35.5. The SMILES string of the molecule is CC(CCl)CN(C)C=O. The van der Waals surface area contributed by atoms with E-state index >= 15 is 0 Å². The lowest BCUT2D eigenvalue weighted by molar-refractivity contribution is -0.117. The first-order valence-electron chi connectivity index (χ1n) is 2.92. The summed E-state index contributed by atoms with van der Waals surface area (Å²) >= 11 is 5.51. The molecule has 0 aliphatic carbocycles. The van der Waals surface area contributed by atoms with E-state index in [0.29, 0.717) is 11.8 Å². The molecule has 54 valence electrons. The lowest BCUT2D eigenvalue weighted by atomic mass is 10.2. The molecular formula is C6H12ClNO. The van der Waals surface area contributed by atoms with Crippen molar-refractivity contribution in [2.24, 2.45) is 5.92 Å². The molecule has 0 fully saturated rings. The molecule has 0 radical (unpaired) electrons. The monoisotopic (exact) mass is 149 g/mol. The fourth-order valence-electron chi connectivity index (χ4n) is 0.583. The first kappa shape index (κ1) is 8.76. The maximum Gasteiger partial charge on any atom is 0.209 e. The predicted octanol–water partition coefficient (Wildman–Crippen LogP) is 0.950. The van der Waals surface area contributed by atoms with E-state index in [1.54, 1.807) is 11.9 Å². The molecule has 9 heavy (non-hydrogen) atoms. The average molecular weight is 150 g/mol. The largest absolute Gasteiger partial charge is 0.348 e. The molecule has 0 heterocycles. The quantitative estimate of drug-likeness (QED) is 0.431. The van der Waals surface area contributed by atoms with Gasteiger partial charge in [0.25, 0.3) is 0 Å². The second-order valence-corrected chi connectivity index (χ2v) is 2.61. The van der Waals surface area contributed by atoms with Gasteiger partial charge in [-0.25, -0.2) is 0 Å². The number of carbonyl (C=O) groups is 1. The number of rotatable bonds is 4. The number of hydrogen-bond acceptors (Lipinski definition) is 1. The zero-order chi connectivity index (χ0) is 7.28. The Labute approximate surface area is 60.8 Å². The second-order valence-electron chi connectivity index (χ2n) is 2.30. The molecule has 3 heteroatoms. The molecule has 1 amide bonds. The Morgan fingerprint density at radius 3 is 2.67 bits per heavy atom. The van der Waals surface area contributed by atoms with Crippen LogP contribution in [-0.4, -0.2) is 30.8 Å². The van der Waals surface area contributed by atoms with E-state index in [1.807, 2.05) is 6.92 Å². The molecule has 0 rings (SSSR count). The van der Waals surface area contributed by atoms with Crippen LogP contribution in [0.15, 0.2) is 0 Å². The third-order valence-electron chi connectivity index (χ3n) is 1.04. The van der Waals surface area contributed by atoms with Gasteiger partial charge >= 0.3 is 0 Å². The van der Waals surface area contributed by atoms with Gasteiger partial charge in [0.15, 0.2) is 0 Å². The van der Waals surface area contributed by atoms with Gasteiger partial charge in [0.1, 0.15) is 0 Å². The van der Waals surface area contributed by atoms with E-state index in [9.17, 15) is 4.79 Å². The van der Waals surface area contributed by atoms with Crippen LogP contribution in [0.3, 0.4) is 0 Å². The Kier molecular flexibility index (Phi) is 4.50. The van der Waals surface area contributed by atoms with Crippen LogP contribution in [0.1, 0.15) is 6.92 Å². The molecule has 0 N–H and O–H groups in total. The van der Waals surface area contributed by atoms with Crippen LogP contribution < -0.4 is 0 Å². The standard InChI is InChI=1S/C6H12ClNO/c1-6(3-7)4-8(2)5-9/h5-6H,3-4H2,1-2H3. The number of alkyl halides is 1. The fourth-order valence-corrected chi connectivity index (χ4v) is 0.681. The minimum atomic E-state index is 0.391. The molecule has 0 aliphatic rings. The second kappa shape index (κ2) is 4.62. The van der Waals surface area contributed by atoms with Gasteiger partial charge in [0.05, 0.1) is 0 Å². The Morgan fingerprint density at radius 2 is 2.33 bits per heavy atom. The van der Waals surface area contributed by atoms with Gasteiger partial charge in [-0.2, -0.15) is 0 Å². The lowest BCUT2D eigenvalue weighted by Gasteiger charge is -2.13. The molecule has 0 aliphatic heterocycles. The highest BCUT2D eigenvalue weighted by Crippen LogP contribution is 1.97. The number of carbonyl (C=O) groups excluding carboxylic acids is 1. The third-order valence-corrected chi connectivity index (χ3v) is 1.57. The third kappa shape index (κ3) is 4.28. The van der Waals surface area contributed by atoms with Crippen molar-refractivity contribution in [3.8, 4) is 0 Å². The number of amides is 1. The zero-order valence-corrected chi connectivity index (χ0v) is 6.56. The minimum absolute atomic E-state index is 0.391. The van der Waals surface area contributed by atoms with Crippen LogP contribution in [0, 0.1) is 5.92 Å². The molecule has 0 bridgehead atoms. The summed E-state index contributed by atoms with van der Waals surface area (Å²) in [5.41, 5.74) is 0. The van der Waals surface area contributed by atoms with Crippen molar-refractivity contribution in [1.82, 2.24) is 4.90 Å². The predicted molar refractivity (Wildman–Crippen MR) is 38.6 cm³/mol. The van der Waals surface area contributed by atoms with Crippen LogP contribution in [0.4, 0.5) is 0 Å². The topological polar surface area (TPSA) is 20.3 Å². The maximum atomic E-state index is 10.0. The number of hydrogen-bond donors (Lipinski definition) is 0. The maximum absolute atomic E-state index is 10.0. The first-order chi connectivity index (χ1) is 4.20. The van der Waals surface area contributed by atoms with Crippen LogP contribution >= 0.6 is 11.6 Å². The van der Waals surface area contributed by atoms with Crippen molar-refractivity contribution in [2.75, 3.05) is 19.5 Å². The molecule has 0 aromatic rings. The molecular weight excluding hydrogens is 138 g/mol. The van der Waals surface area contributed by atoms with Crippen LogP contribution in [0.25, 0.3) is 0 Å². The van der Waals surface area contributed by atoms with Crippen molar-refractivity contribution < 1.29 is 4.79 Å². The summed E-state index contributed by atoms with van der Waals surface area (Å²) in [4.78, 5) is 11.6. The smallest absolute Gasteiger partial charge is 0.209 e. The van der Waals surface area contributed by atoms with Gasteiger partial charge in [-0.3, -0.25) is 4.79 Å². The summed E-state index contributed by atoms with van der Waals surface area (Å²) < 4.78 is 0. The van der Waals surface area contributed by atoms with Gasteiger partial charge in [0, 0.05) is 19.5 Å². The van der Waals surface area contributed by atoms with Crippen LogP contribution in [0.2, 0.25) is 0 Å². The summed E-state index contributed by atoms with van der Waals surface area (Å²) in [6.45, 7) is 2.75. The molecule has 0 aromatic heterocycles. The Hall–Kier alpha value is -0.240. The van der Waals surface area contributed by atoms with Gasteiger partial charge in [-0.1, -0.05) is 6.92 Å². The summed E-state index contributed by atoms with van der Waals surface area (Å²) in [7, 11) is 1.75. The highest BCUT2D eigenvalue weighted by molar-refractivity contribution is 6.18. The minimum Gasteiger partial charge on any atom is -0.348 e. The van der Waals surface area contributed by atoms with E-state index in [2.05, 4.69) is 0 Å². The van der Waals surface area contributed by atoms with Crippen molar-refractivity contribution in [1.29, 1.82) is 0 Å². The van der Waals surface area contributed by atoms with E-state index in [0.717, 1.165) is 13.0 Å². The highest BCUT2D eigenvalue weighted by Gasteiger charge is 2.01. The number of nitrogens with zero attached hydrogens (tertiary/aromatic N) is 1. The Balaban J connectivity index is 3.33. The summed E-state index contributed by atoms with van der Waals surface area (Å²) in [5.74, 6) is 1.000. The molecule has 1 atom stereocenters. The number of halogens is 1. The zero-order valence-electron chi connectivity index (χ0n) is 5.80. The van der Waals surface area contributed by atoms with E-state index in [1.165, 1.54) is 0 Å².